The molecule has 0 spiro atoms. The molecule has 3 aromatic heterocycles. The van der Waals surface area contributed by atoms with Gasteiger partial charge in [-0.1, -0.05) is 18.1 Å². The number of rotatable bonds is 7. The number of amides is 1. The molecule has 0 saturated carbocycles. The summed E-state index contributed by atoms with van der Waals surface area (Å²) in [5.41, 5.74) is 1.10. The lowest BCUT2D eigenvalue weighted by Gasteiger charge is -2.27. The van der Waals surface area contributed by atoms with Crippen molar-refractivity contribution >= 4 is 11.6 Å². The van der Waals surface area contributed by atoms with Crippen molar-refractivity contribution in [2.75, 3.05) is 5.32 Å². The third kappa shape index (κ3) is 4.58. The molecule has 0 fully saturated rings. The quantitative estimate of drug-likeness (QED) is 0.388. The topological polar surface area (TPSA) is 152 Å². The van der Waals surface area contributed by atoms with E-state index in [1.807, 2.05) is 19.9 Å². The van der Waals surface area contributed by atoms with Crippen molar-refractivity contribution in [2.45, 2.75) is 39.2 Å². The summed E-state index contributed by atoms with van der Waals surface area (Å²) >= 11 is 0. The van der Waals surface area contributed by atoms with E-state index >= 15 is 0 Å². The Hall–Kier alpha value is -4.79. The zero-order valence-corrected chi connectivity index (χ0v) is 20.6. The van der Waals surface area contributed by atoms with Crippen molar-refractivity contribution in [1.82, 2.24) is 24.5 Å². The summed E-state index contributed by atoms with van der Waals surface area (Å²) in [6.45, 7) is 6.19. The summed E-state index contributed by atoms with van der Waals surface area (Å²) in [6.07, 6.45) is 4.10. The minimum absolute atomic E-state index is 0.120. The van der Waals surface area contributed by atoms with Crippen LogP contribution < -0.4 is 10.9 Å². The predicted molar refractivity (Wildman–Crippen MR) is 130 cm³/mol. The molecule has 2 atom stereocenters. The number of halogens is 1. The van der Waals surface area contributed by atoms with Crippen LogP contribution in [0.2, 0.25) is 0 Å². The zero-order chi connectivity index (χ0) is 26.9. The molecule has 0 bridgehead atoms. The summed E-state index contributed by atoms with van der Waals surface area (Å²) in [4.78, 5) is 30.2. The number of carbonyl (C=O) groups is 1. The number of aryl methyl sites for hydroxylation is 1. The lowest BCUT2D eigenvalue weighted by atomic mass is 9.79. The SMILES string of the molecule is CCn1ncc([C@H](c2ccc(F)cc2C#N)[C@H](C)c2nc(C(=O)Nc3cnoc3)c(O)c(=O)n2C)c1C. The third-order valence-corrected chi connectivity index (χ3v) is 6.36. The highest BCUT2D eigenvalue weighted by Gasteiger charge is 2.32. The van der Waals surface area contributed by atoms with Gasteiger partial charge in [0.05, 0.1) is 24.0 Å². The van der Waals surface area contributed by atoms with Gasteiger partial charge in [0.1, 0.15) is 23.6 Å². The molecule has 11 nitrogen and oxygen atoms in total. The fourth-order valence-electron chi connectivity index (χ4n) is 4.47. The van der Waals surface area contributed by atoms with Gasteiger partial charge >= 0.3 is 0 Å². The second-order valence-corrected chi connectivity index (χ2v) is 8.51. The Morgan fingerprint density at radius 1 is 1.32 bits per heavy atom. The molecule has 0 aliphatic heterocycles. The Kier molecular flexibility index (Phi) is 6.88. The van der Waals surface area contributed by atoms with Gasteiger partial charge in [0.2, 0.25) is 5.75 Å². The largest absolute Gasteiger partial charge is 0.501 e. The van der Waals surface area contributed by atoms with Crippen molar-refractivity contribution in [1.29, 1.82) is 5.26 Å². The Labute approximate surface area is 210 Å². The Morgan fingerprint density at radius 2 is 2.08 bits per heavy atom. The molecule has 2 N–H and O–H groups in total. The molecule has 0 aliphatic rings. The molecule has 4 rings (SSSR count). The maximum atomic E-state index is 14.0. The summed E-state index contributed by atoms with van der Waals surface area (Å²) in [6, 6.07) is 5.98. The van der Waals surface area contributed by atoms with Gasteiger partial charge in [0.15, 0.2) is 5.69 Å². The van der Waals surface area contributed by atoms with Gasteiger partial charge in [-0.2, -0.15) is 10.4 Å². The number of nitrogens with one attached hydrogen (secondary N) is 1. The fraction of sp³-hybridized carbons (Fsp3) is 0.280. The van der Waals surface area contributed by atoms with Gasteiger partial charge in [-0.25, -0.2) is 9.37 Å². The van der Waals surface area contributed by atoms with Gasteiger partial charge in [-0.15, -0.1) is 0 Å². The molecule has 1 aromatic carbocycles. The van der Waals surface area contributed by atoms with Crippen molar-refractivity contribution in [3.63, 3.8) is 0 Å². The lowest BCUT2D eigenvalue weighted by molar-refractivity contribution is 0.101. The van der Waals surface area contributed by atoms with Crippen LogP contribution in [0.3, 0.4) is 0 Å². The van der Waals surface area contributed by atoms with E-state index in [4.69, 9.17) is 4.52 Å². The number of hydrogen-bond donors (Lipinski definition) is 2. The molecule has 0 unspecified atom stereocenters. The highest BCUT2D eigenvalue weighted by molar-refractivity contribution is 6.04. The van der Waals surface area contributed by atoms with E-state index in [1.165, 1.54) is 31.6 Å². The van der Waals surface area contributed by atoms with E-state index in [0.29, 0.717) is 12.1 Å². The minimum atomic E-state index is -0.835. The van der Waals surface area contributed by atoms with E-state index in [9.17, 15) is 24.3 Å². The first-order valence-electron chi connectivity index (χ1n) is 11.4. The summed E-state index contributed by atoms with van der Waals surface area (Å²) in [5.74, 6) is -3.26. The highest BCUT2D eigenvalue weighted by atomic mass is 19.1. The maximum absolute atomic E-state index is 14.0. The van der Waals surface area contributed by atoms with Gasteiger partial charge in [-0.05, 0) is 31.5 Å². The van der Waals surface area contributed by atoms with Crippen LogP contribution >= 0.6 is 0 Å². The molecule has 0 aliphatic carbocycles. The second kappa shape index (κ2) is 10.1. The van der Waals surface area contributed by atoms with Crippen LogP contribution in [0.5, 0.6) is 5.75 Å². The summed E-state index contributed by atoms with van der Waals surface area (Å²) in [5, 5.41) is 30.6. The van der Waals surface area contributed by atoms with Crippen LogP contribution in [-0.4, -0.2) is 35.5 Å². The van der Waals surface area contributed by atoms with E-state index in [0.717, 1.165) is 21.9 Å². The number of aromatic nitrogens is 5. The Morgan fingerprint density at radius 3 is 2.70 bits per heavy atom. The number of nitrogens with zero attached hydrogens (tertiary/aromatic N) is 6. The number of nitriles is 1. The van der Waals surface area contributed by atoms with Crippen LogP contribution in [0.15, 0.2) is 46.2 Å². The zero-order valence-electron chi connectivity index (χ0n) is 20.6. The first kappa shape index (κ1) is 25.3. The predicted octanol–water partition coefficient (Wildman–Crippen LogP) is 3.20. The molecular weight excluding hydrogens is 481 g/mol. The number of hydrogen-bond acceptors (Lipinski definition) is 8. The van der Waals surface area contributed by atoms with Crippen molar-refractivity contribution in [3.05, 3.63) is 86.9 Å². The molecule has 37 heavy (non-hydrogen) atoms. The average molecular weight is 506 g/mol. The average Bonchev–Trinajstić information content (AvgIpc) is 3.53. The van der Waals surface area contributed by atoms with E-state index < -0.39 is 40.6 Å². The van der Waals surface area contributed by atoms with Gasteiger partial charge in [-0.3, -0.25) is 18.8 Å². The minimum Gasteiger partial charge on any atom is -0.501 e. The van der Waals surface area contributed by atoms with Crippen LogP contribution in [0.1, 0.15) is 64.4 Å². The van der Waals surface area contributed by atoms with Gasteiger partial charge < -0.3 is 14.9 Å². The van der Waals surface area contributed by atoms with Crippen molar-refractivity contribution in [3.8, 4) is 11.8 Å². The van der Waals surface area contributed by atoms with E-state index in [-0.39, 0.29) is 17.1 Å². The van der Waals surface area contributed by atoms with Gasteiger partial charge in [0.25, 0.3) is 11.5 Å². The summed E-state index contributed by atoms with van der Waals surface area (Å²) in [7, 11) is 1.43. The van der Waals surface area contributed by atoms with Crippen molar-refractivity contribution in [2.24, 2.45) is 7.05 Å². The van der Waals surface area contributed by atoms with E-state index in [1.54, 1.807) is 17.8 Å². The molecule has 0 saturated heterocycles. The fourth-order valence-corrected chi connectivity index (χ4v) is 4.47. The second-order valence-electron chi connectivity index (χ2n) is 8.51. The van der Waals surface area contributed by atoms with Crippen LogP contribution in [0.25, 0.3) is 0 Å². The molecule has 12 heteroatoms. The number of aromatic hydroxyl groups is 1. The first-order valence-corrected chi connectivity index (χ1v) is 11.4. The van der Waals surface area contributed by atoms with Crippen molar-refractivity contribution < 1.29 is 18.8 Å². The Bertz CT molecular complexity index is 1570. The van der Waals surface area contributed by atoms with Gasteiger partial charge in [0, 0.05) is 36.7 Å². The summed E-state index contributed by atoms with van der Waals surface area (Å²) < 4.78 is 21.6. The molecular formula is C25H24FN7O4. The maximum Gasteiger partial charge on any atom is 0.296 e. The normalized spacial score (nSPS) is 12.6. The Balaban J connectivity index is 1.90. The first-order chi connectivity index (χ1) is 17.7. The standard InChI is InChI=1S/C25H24FN7O4/c1-5-33-14(3)19(11-28-33)20(18-7-6-16(26)8-15(18)9-27)13(2)23-31-21(22(34)25(36)32(23)4)24(35)30-17-10-29-37-12-17/h6-8,10-13,20,34H,5H2,1-4H3,(H,30,35)/t13-,20-/m0/s1. The lowest BCUT2D eigenvalue weighted by Crippen LogP contribution is -2.29. The van der Waals surface area contributed by atoms with Crippen LogP contribution in [0.4, 0.5) is 10.1 Å². The molecule has 0 radical (unpaired) electrons. The smallest absolute Gasteiger partial charge is 0.296 e. The molecule has 190 valence electrons. The monoisotopic (exact) mass is 505 g/mol. The number of anilines is 1. The highest BCUT2D eigenvalue weighted by Crippen LogP contribution is 2.40. The molecule has 3 heterocycles. The van der Waals surface area contributed by atoms with E-state index in [2.05, 4.69) is 20.6 Å². The molecule has 4 aromatic rings. The molecule has 1 amide bonds. The van der Waals surface area contributed by atoms with Crippen LogP contribution in [-0.2, 0) is 13.6 Å². The number of benzene rings is 1. The van der Waals surface area contributed by atoms with Crippen LogP contribution in [0, 0.1) is 24.1 Å². The third-order valence-electron chi connectivity index (χ3n) is 6.36. The number of carbonyl (C=O) groups excluding carboxylic acids is 1.